The van der Waals surface area contributed by atoms with E-state index in [4.69, 9.17) is 5.26 Å². The Bertz CT molecular complexity index is 508. The molecular weight excluding hydrogens is 288 g/mol. The number of hydrogen-bond acceptors (Lipinski definition) is 5. The van der Waals surface area contributed by atoms with Gasteiger partial charge in [0, 0.05) is 11.6 Å². The molecule has 0 saturated heterocycles. The van der Waals surface area contributed by atoms with Crippen molar-refractivity contribution in [3.8, 4) is 6.07 Å². The minimum Gasteiger partial charge on any atom is -0.343 e. The third-order valence-electron chi connectivity index (χ3n) is 2.88. The molecule has 1 heterocycles. The number of aromatic nitrogens is 1. The Hall–Kier alpha value is -1.94. The van der Waals surface area contributed by atoms with Crippen LogP contribution in [-0.2, 0) is 9.59 Å². The van der Waals surface area contributed by atoms with Gasteiger partial charge >= 0.3 is 0 Å². The Morgan fingerprint density at radius 3 is 2.62 bits per heavy atom. The summed E-state index contributed by atoms with van der Waals surface area (Å²) in [5.74, 6) is -1.20. The number of carbonyl (C=O) groups is 2. The fraction of sp³-hybridized carbons (Fsp3) is 0.571. The van der Waals surface area contributed by atoms with E-state index in [0.29, 0.717) is 18.0 Å². The summed E-state index contributed by atoms with van der Waals surface area (Å²) in [5.41, 5.74) is 0. The third kappa shape index (κ3) is 5.52. The number of anilines is 1. The molecule has 6 nitrogen and oxygen atoms in total. The van der Waals surface area contributed by atoms with Gasteiger partial charge in [0.25, 0.3) is 0 Å². The van der Waals surface area contributed by atoms with Crippen LogP contribution in [0.25, 0.3) is 0 Å². The number of rotatable bonds is 7. The molecule has 2 N–H and O–H groups in total. The summed E-state index contributed by atoms with van der Waals surface area (Å²) in [6.07, 6.45) is 2.52. The SMILES string of the molecule is CCC(C#N)C(=O)NC(CC(C)C)C(=O)Nc1nccs1. The van der Waals surface area contributed by atoms with Crippen molar-refractivity contribution in [2.24, 2.45) is 11.8 Å². The highest BCUT2D eigenvalue weighted by Gasteiger charge is 2.25. The molecule has 0 saturated carbocycles. The van der Waals surface area contributed by atoms with E-state index < -0.39 is 17.9 Å². The molecule has 0 fully saturated rings. The highest BCUT2D eigenvalue weighted by molar-refractivity contribution is 7.13. The number of thiazole rings is 1. The number of nitriles is 1. The quantitative estimate of drug-likeness (QED) is 0.807. The van der Waals surface area contributed by atoms with Crippen LogP contribution in [0.15, 0.2) is 11.6 Å². The Labute approximate surface area is 128 Å². The molecule has 114 valence electrons. The van der Waals surface area contributed by atoms with Crippen LogP contribution in [0.4, 0.5) is 5.13 Å². The molecule has 0 aliphatic heterocycles. The Balaban J connectivity index is 2.73. The van der Waals surface area contributed by atoms with E-state index in [2.05, 4.69) is 15.6 Å². The van der Waals surface area contributed by atoms with Crippen molar-refractivity contribution in [3.63, 3.8) is 0 Å². The number of carbonyl (C=O) groups excluding carboxylic acids is 2. The summed E-state index contributed by atoms with van der Waals surface area (Å²) in [6.45, 7) is 5.70. The van der Waals surface area contributed by atoms with Gasteiger partial charge < -0.3 is 10.6 Å². The Kier molecular flexibility index (Phi) is 6.82. The fourth-order valence-corrected chi connectivity index (χ4v) is 2.32. The van der Waals surface area contributed by atoms with E-state index in [9.17, 15) is 9.59 Å². The zero-order valence-corrected chi connectivity index (χ0v) is 13.2. The first kappa shape index (κ1) is 17.1. The van der Waals surface area contributed by atoms with Crippen LogP contribution in [-0.4, -0.2) is 22.8 Å². The molecule has 0 spiro atoms. The smallest absolute Gasteiger partial charge is 0.248 e. The van der Waals surface area contributed by atoms with Crippen molar-refractivity contribution < 1.29 is 9.59 Å². The van der Waals surface area contributed by atoms with Crippen LogP contribution in [0.3, 0.4) is 0 Å². The van der Waals surface area contributed by atoms with E-state index >= 15 is 0 Å². The molecule has 1 aromatic rings. The summed E-state index contributed by atoms with van der Waals surface area (Å²) < 4.78 is 0. The minimum atomic E-state index is -0.729. The molecule has 7 heteroatoms. The first-order chi connectivity index (χ1) is 9.97. The number of nitrogens with zero attached hydrogens (tertiary/aromatic N) is 2. The van der Waals surface area contributed by atoms with Gasteiger partial charge in [-0.05, 0) is 18.8 Å². The Morgan fingerprint density at radius 2 is 2.14 bits per heavy atom. The van der Waals surface area contributed by atoms with Crippen molar-refractivity contribution in [3.05, 3.63) is 11.6 Å². The first-order valence-electron chi connectivity index (χ1n) is 6.88. The van der Waals surface area contributed by atoms with Gasteiger partial charge in [-0.15, -0.1) is 11.3 Å². The zero-order valence-electron chi connectivity index (χ0n) is 12.4. The molecule has 21 heavy (non-hydrogen) atoms. The van der Waals surface area contributed by atoms with Gasteiger partial charge in [0.1, 0.15) is 12.0 Å². The van der Waals surface area contributed by atoms with E-state index in [1.165, 1.54) is 11.3 Å². The lowest BCUT2D eigenvalue weighted by atomic mass is 10.0. The molecular formula is C14H20N4O2S. The summed E-state index contributed by atoms with van der Waals surface area (Å²) in [7, 11) is 0. The molecule has 0 aromatic carbocycles. The van der Waals surface area contributed by atoms with Crippen LogP contribution in [0.5, 0.6) is 0 Å². The third-order valence-corrected chi connectivity index (χ3v) is 3.57. The van der Waals surface area contributed by atoms with Crippen LogP contribution >= 0.6 is 11.3 Å². The molecule has 0 aliphatic carbocycles. The minimum absolute atomic E-state index is 0.236. The second-order valence-electron chi connectivity index (χ2n) is 5.11. The average Bonchev–Trinajstić information content (AvgIpc) is 2.91. The van der Waals surface area contributed by atoms with Gasteiger partial charge in [0.05, 0.1) is 6.07 Å². The van der Waals surface area contributed by atoms with Gasteiger partial charge in [-0.1, -0.05) is 20.8 Å². The van der Waals surface area contributed by atoms with E-state index in [1.807, 2.05) is 19.9 Å². The van der Waals surface area contributed by atoms with Crippen LogP contribution in [0.1, 0.15) is 33.6 Å². The predicted octanol–water partition coefficient (Wildman–Crippen LogP) is 2.16. The van der Waals surface area contributed by atoms with Crippen molar-refractivity contribution in [1.29, 1.82) is 5.26 Å². The van der Waals surface area contributed by atoms with Crippen molar-refractivity contribution in [2.75, 3.05) is 5.32 Å². The van der Waals surface area contributed by atoms with Crippen molar-refractivity contribution in [2.45, 2.75) is 39.7 Å². The maximum Gasteiger partial charge on any atom is 0.248 e. The summed E-state index contributed by atoms with van der Waals surface area (Å²) in [4.78, 5) is 28.2. The first-order valence-corrected chi connectivity index (χ1v) is 7.76. The molecule has 1 rings (SSSR count). The lowest BCUT2D eigenvalue weighted by molar-refractivity contribution is -0.128. The molecule has 2 atom stereocenters. The van der Waals surface area contributed by atoms with Gasteiger partial charge in [0.2, 0.25) is 11.8 Å². The van der Waals surface area contributed by atoms with Crippen molar-refractivity contribution in [1.82, 2.24) is 10.3 Å². The summed E-state index contributed by atoms with van der Waals surface area (Å²) in [6, 6.07) is 1.28. The summed E-state index contributed by atoms with van der Waals surface area (Å²) >= 11 is 1.31. The standard InChI is InChI=1S/C14H20N4O2S/c1-4-10(8-15)12(19)17-11(7-9(2)3)13(20)18-14-16-5-6-21-14/h5-6,9-11H,4,7H2,1-3H3,(H,17,19)(H,16,18,20). The molecule has 2 unspecified atom stereocenters. The van der Waals surface area contributed by atoms with E-state index in [0.717, 1.165) is 0 Å². The second-order valence-corrected chi connectivity index (χ2v) is 6.00. The highest BCUT2D eigenvalue weighted by Crippen LogP contribution is 2.13. The van der Waals surface area contributed by atoms with Gasteiger partial charge in [-0.25, -0.2) is 4.98 Å². The topological polar surface area (TPSA) is 94.9 Å². The molecule has 0 radical (unpaired) electrons. The van der Waals surface area contributed by atoms with Crippen LogP contribution in [0.2, 0.25) is 0 Å². The molecule has 0 bridgehead atoms. The number of amides is 2. The second kappa shape index (κ2) is 8.37. The predicted molar refractivity (Wildman–Crippen MR) is 81.5 cm³/mol. The average molecular weight is 308 g/mol. The van der Waals surface area contributed by atoms with Crippen LogP contribution in [0, 0.1) is 23.2 Å². The van der Waals surface area contributed by atoms with Gasteiger partial charge in [-0.2, -0.15) is 5.26 Å². The maximum atomic E-state index is 12.2. The number of hydrogen-bond donors (Lipinski definition) is 2. The summed E-state index contributed by atoms with van der Waals surface area (Å²) in [5, 5.41) is 16.5. The van der Waals surface area contributed by atoms with Crippen molar-refractivity contribution >= 4 is 28.3 Å². The monoisotopic (exact) mass is 308 g/mol. The van der Waals surface area contributed by atoms with E-state index in [1.54, 1.807) is 18.5 Å². The highest BCUT2D eigenvalue weighted by atomic mass is 32.1. The van der Waals surface area contributed by atoms with Crippen LogP contribution < -0.4 is 10.6 Å². The Morgan fingerprint density at radius 1 is 1.43 bits per heavy atom. The number of nitrogens with one attached hydrogen (secondary N) is 2. The van der Waals surface area contributed by atoms with Gasteiger partial charge in [0.15, 0.2) is 5.13 Å². The molecule has 1 aromatic heterocycles. The zero-order chi connectivity index (χ0) is 15.8. The normalized spacial score (nSPS) is 13.3. The largest absolute Gasteiger partial charge is 0.343 e. The molecule has 0 aliphatic rings. The van der Waals surface area contributed by atoms with Gasteiger partial charge in [-0.3, -0.25) is 9.59 Å². The lowest BCUT2D eigenvalue weighted by Crippen LogP contribution is -2.46. The maximum absolute atomic E-state index is 12.2. The fourth-order valence-electron chi connectivity index (χ4n) is 1.79. The lowest BCUT2D eigenvalue weighted by Gasteiger charge is -2.20. The van der Waals surface area contributed by atoms with E-state index in [-0.39, 0.29) is 11.8 Å². The molecule has 2 amide bonds.